The lowest BCUT2D eigenvalue weighted by Gasteiger charge is -2.25. The van der Waals surface area contributed by atoms with Crippen molar-refractivity contribution in [2.45, 2.75) is 19.8 Å². The number of rotatable bonds is 3. The van der Waals surface area contributed by atoms with Gasteiger partial charge in [-0.05, 0) is 33.5 Å². The third kappa shape index (κ3) is 3.16. The van der Waals surface area contributed by atoms with Crippen LogP contribution in [-0.4, -0.2) is 49.2 Å². The van der Waals surface area contributed by atoms with E-state index >= 15 is 0 Å². The first-order valence-electron chi connectivity index (χ1n) is 8.86. The average Bonchev–Trinajstić information content (AvgIpc) is 3.29. The lowest BCUT2D eigenvalue weighted by atomic mass is 9.78. The number of nitrogens with zero attached hydrogens (tertiary/aromatic N) is 5. The first kappa shape index (κ1) is 17.2. The van der Waals surface area contributed by atoms with Gasteiger partial charge in [-0.3, -0.25) is 4.79 Å². The molecule has 1 aliphatic heterocycles. The van der Waals surface area contributed by atoms with E-state index in [1.54, 1.807) is 12.1 Å². The predicted octanol–water partition coefficient (Wildman–Crippen LogP) is 2.63. The van der Waals surface area contributed by atoms with Crippen molar-refractivity contribution in [3.05, 3.63) is 66.0 Å². The first-order valence-corrected chi connectivity index (χ1v) is 8.86. The number of aromatic hydroxyl groups is 1. The third-order valence-electron chi connectivity index (χ3n) is 5.26. The minimum absolute atomic E-state index is 0.0427. The number of aromatic nitrogens is 4. The van der Waals surface area contributed by atoms with Crippen LogP contribution in [-0.2, 0) is 0 Å². The summed E-state index contributed by atoms with van der Waals surface area (Å²) in [6, 6.07) is 15.1. The molecule has 4 rings (SSSR count). The molecule has 0 unspecified atom stereocenters. The molecule has 1 saturated heterocycles. The van der Waals surface area contributed by atoms with Crippen LogP contribution in [0.1, 0.15) is 35.7 Å². The Hall–Kier alpha value is -3.22. The number of carbonyl (C=O) groups is 1. The maximum Gasteiger partial charge on any atom is 0.257 e. The smallest absolute Gasteiger partial charge is 0.257 e. The van der Waals surface area contributed by atoms with Crippen LogP contribution in [0.3, 0.4) is 0 Å². The van der Waals surface area contributed by atoms with Gasteiger partial charge in [-0.2, -0.15) is 0 Å². The summed E-state index contributed by atoms with van der Waals surface area (Å²) < 4.78 is 1.43. The minimum Gasteiger partial charge on any atom is -0.507 e. The summed E-state index contributed by atoms with van der Waals surface area (Å²) in [5.74, 6) is 0.0153. The highest BCUT2D eigenvalue weighted by Crippen LogP contribution is 2.43. The van der Waals surface area contributed by atoms with E-state index in [0.29, 0.717) is 18.8 Å². The zero-order valence-corrected chi connectivity index (χ0v) is 15.3. The van der Waals surface area contributed by atoms with Crippen molar-refractivity contribution in [3.8, 4) is 11.4 Å². The maximum absolute atomic E-state index is 13.0. The van der Waals surface area contributed by atoms with Crippen LogP contribution >= 0.6 is 0 Å². The zero-order valence-electron chi connectivity index (χ0n) is 15.3. The summed E-state index contributed by atoms with van der Waals surface area (Å²) >= 11 is 0. The molecular formula is C20H21N5O2. The van der Waals surface area contributed by atoms with Crippen molar-refractivity contribution in [3.63, 3.8) is 0 Å². The molecule has 2 heterocycles. The van der Waals surface area contributed by atoms with Crippen molar-refractivity contribution in [2.24, 2.45) is 5.41 Å². The molecule has 1 aliphatic rings. The summed E-state index contributed by atoms with van der Waals surface area (Å²) in [6.45, 7) is 5.63. The molecule has 1 amide bonds. The Morgan fingerprint density at radius 3 is 2.63 bits per heavy atom. The van der Waals surface area contributed by atoms with Crippen LogP contribution in [0, 0.1) is 5.41 Å². The van der Waals surface area contributed by atoms with E-state index in [1.807, 2.05) is 23.1 Å². The molecule has 0 spiro atoms. The van der Waals surface area contributed by atoms with E-state index < -0.39 is 0 Å². The molecule has 0 aliphatic carbocycles. The van der Waals surface area contributed by atoms with Crippen molar-refractivity contribution >= 4 is 5.91 Å². The second-order valence-corrected chi connectivity index (χ2v) is 7.59. The standard InChI is InChI=1S/C20H21N5O2/c1-20(2)12-24(11-17(20)14-6-4-3-5-7-14)19(27)16-9-8-15(10-18(16)26)25-13-21-22-23-25/h3-10,13,17,26H,11-12H2,1-2H3/t17-/m1/s1. The van der Waals surface area contributed by atoms with Gasteiger partial charge in [0, 0.05) is 25.1 Å². The van der Waals surface area contributed by atoms with Gasteiger partial charge in [-0.1, -0.05) is 44.2 Å². The zero-order chi connectivity index (χ0) is 19.0. The predicted molar refractivity (Wildman–Crippen MR) is 99.7 cm³/mol. The summed E-state index contributed by atoms with van der Waals surface area (Å²) in [7, 11) is 0. The number of phenolic OH excluding ortho intramolecular Hbond substituents is 1. The number of tetrazole rings is 1. The summed E-state index contributed by atoms with van der Waals surface area (Å²) in [6.07, 6.45) is 1.43. The van der Waals surface area contributed by atoms with Gasteiger partial charge in [-0.15, -0.1) is 5.10 Å². The number of hydrogen-bond donors (Lipinski definition) is 1. The van der Waals surface area contributed by atoms with Crippen LogP contribution in [0.2, 0.25) is 0 Å². The van der Waals surface area contributed by atoms with Crippen molar-refractivity contribution in [1.29, 1.82) is 0 Å². The largest absolute Gasteiger partial charge is 0.507 e. The Bertz CT molecular complexity index is 954. The van der Waals surface area contributed by atoms with Gasteiger partial charge in [0.05, 0.1) is 11.3 Å². The van der Waals surface area contributed by atoms with Crippen LogP contribution in [0.5, 0.6) is 5.75 Å². The first-order chi connectivity index (χ1) is 13.0. The molecule has 3 aromatic rings. The number of benzene rings is 2. The monoisotopic (exact) mass is 363 g/mol. The average molecular weight is 363 g/mol. The van der Waals surface area contributed by atoms with E-state index in [1.165, 1.54) is 22.6 Å². The molecule has 1 fully saturated rings. The number of amides is 1. The summed E-state index contributed by atoms with van der Waals surface area (Å²) in [4.78, 5) is 14.9. The quantitative estimate of drug-likeness (QED) is 0.773. The molecule has 1 aromatic heterocycles. The number of likely N-dealkylation sites (tertiary alicyclic amines) is 1. The van der Waals surface area contributed by atoms with Crippen molar-refractivity contribution in [2.75, 3.05) is 13.1 Å². The van der Waals surface area contributed by atoms with E-state index in [0.717, 1.165) is 0 Å². The van der Waals surface area contributed by atoms with Gasteiger partial charge in [0.2, 0.25) is 0 Å². The van der Waals surface area contributed by atoms with Gasteiger partial charge in [0.1, 0.15) is 12.1 Å². The fourth-order valence-electron chi connectivity index (χ4n) is 3.82. The molecule has 138 valence electrons. The molecular weight excluding hydrogens is 342 g/mol. The van der Waals surface area contributed by atoms with Gasteiger partial charge >= 0.3 is 0 Å². The van der Waals surface area contributed by atoms with Crippen LogP contribution in [0.25, 0.3) is 5.69 Å². The third-order valence-corrected chi connectivity index (χ3v) is 5.26. The molecule has 1 atom stereocenters. The van der Waals surface area contributed by atoms with E-state index in [-0.39, 0.29) is 28.6 Å². The Kier molecular flexibility index (Phi) is 4.14. The van der Waals surface area contributed by atoms with Crippen LogP contribution in [0.4, 0.5) is 0 Å². The second-order valence-electron chi connectivity index (χ2n) is 7.59. The Balaban J connectivity index is 1.58. The van der Waals surface area contributed by atoms with Gasteiger partial charge in [-0.25, -0.2) is 4.68 Å². The summed E-state index contributed by atoms with van der Waals surface area (Å²) in [5, 5.41) is 21.4. The lowest BCUT2D eigenvalue weighted by molar-refractivity contribution is 0.0775. The Labute approximate surface area is 157 Å². The van der Waals surface area contributed by atoms with Gasteiger partial charge in [0.15, 0.2) is 0 Å². The highest BCUT2D eigenvalue weighted by molar-refractivity contribution is 5.97. The molecule has 1 N–H and O–H groups in total. The lowest BCUT2D eigenvalue weighted by Crippen LogP contribution is -2.30. The van der Waals surface area contributed by atoms with E-state index in [2.05, 4.69) is 41.5 Å². The maximum atomic E-state index is 13.0. The SMILES string of the molecule is CC1(C)CN(C(=O)c2ccc(-n3cnnn3)cc2O)C[C@@H]1c1ccccc1. The molecule has 0 saturated carbocycles. The highest BCUT2D eigenvalue weighted by Gasteiger charge is 2.42. The van der Waals surface area contributed by atoms with Crippen molar-refractivity contribution in [1.82, 2.24) is 25.1 Å². The fourth-order valence-corrected chi connectivity index (χ4v) is 3.82. The number of carbonyl (C=O) groups excluding carboxylic acids is 1. The van der Waals surface area contributed by atoms with Crippen LogP contribution < -0.4 is 0 Å². The van der Waals surface area contributed by atoms with E-state index in [9.17, 15) is 9.90 Å². The molecule has 0 radical (unpaired) electrons. The number of hydrogen-bond acceptors (Lipinski definition) is 5. The Morgan fingerprint density at radius 2 is 1.96 bits per heavy atom. The minimum atomic E-state index is -0.165. The van der Waals surface area contributed by atoms with E-state index in [4.69, 9.17) is 0 Å². The van der Waals surface area contributed by atoms with Crippen LogP contribution in [0.15, 0.2) is 54.9 Å². The van der Waals surface area contributed by atoms with Gasteiger partial charge < -0.3 is 10.0 Å². The normalized spacial score (nSPS) is 18.6. The fraction of sp³-hybridized carbons (Fsp3) is 0.300. The topological polar surface area (TPSA) is 84.1 Å². The Morgan fingerprint density at radius 1 is 1.19 bits per heavy atom. The summed E-state index contributed by atoms with van der Waals surface area (Å²) in [5.41, 5.74) is 2.07. The molecule has 2 aromatic carbocycles. The number of phenols is 1. The molecule has 0 bridgehead atoms. The second kappa shape index (κ2) is 6.50. The molecule has 27 heavy (non-hydrogen) atoms. The van der Waals surface area contributed by atoms with Gasteiger partial charge in [0.25, 0.3) is 5.91 Å². The highest BCUT2D eigenvalue weighted by atomic mass is 16.3. The van der Waals surface area contributed by atoms with Crippen molar-refractivity contribution < 1.29 is 9.90 Å². The molecule has 7 nitrogen and oxygen atoms in total. The molecule has 7 heteroatoms.